The summed E-state index contributed by atoms with van der Waals surface area (Å²) in [6.45, 7) is 6.84. The van der Waals surface area contributed by atoms with E-state index in [-0.39, 0.29) is 0 Å². The van der Waals surface area contributed by atoms with Gasteiger partial charge in [0, 0.05) is 0 Å². The lowest BCUT2D eigenvalue weighted by atomic mass is 10.0. The minimum absolute atomic E-state index is 1.27. The van der Waals surface area contributed by atoms with Crippen molar-refractivity contribution < 1.29 is 0 Å². The molecule has 0 spiro atoms. The lowest BCUT2D eigenvalue weighted by molar-refractivity contribution is 0.556. The Morgan fingerprint density at radius 2 is 1.17 bits per heavy atom. The van der Waals surface area contributed by atoms with Crippen molar-refractivity contribution in [3.8, 4) is 0 Å². The molecule has 0 aromatic carbocycles. The van der Waals surface area contributed by atoms with Crippen LogP contribution < -0.4 is 0 Å². The Bertz CT molecular complexity index is 178. The summed E-state index contributed by atoms with van der Waals surface area (Å²) in [4.78, 5) is 0. The monoisotopic (exact) mass is 252 g/mol. The summed E-state index contributed by atoms with van der Waals surface area (Å²) in [5, 5.41) is 0. The summed E-state index contributed by atoms with van der Waals surface area (Å²) in [5.41, 5.74) is 1.61. The predicted octanol–water partition coefficient (Wildman–Crippen LogP) is 7.04. The molecule has 0 aliphatic heterocycles. The smallest absolute Gasteiger partial charge is 0.0323 e. The molecule has 0 saturated heterocycles. The summed E-state index contributed by atoms with van der Waals surface area (Å²) >= 11 is 0. The van der Waals surface area contributed by atoms with Gasteiger partial charge in [-0.2, -0.15) is 0 Å². The van der Waals surface area contributed by atoms with E-state index in [0.717, 1.165) is 0 Å². The Balaban J connectivity index is 3.11. The third-order valence-electron chi connectivity index (χ3n) is 3.71. The summed E-state index contributed by atoms with van der Waals surface area (Å²) in [7, 11) is 0. The van der Waals surface area contributed by atoms with Crippen molar-refractivity contribution in [3.63, 3.8) is 0 Å². The SMILES string of the molecule is CCCC=C(C)CCCCCCCCCCCC. The fourth-order valence-electron chi connectivity index (χ4n) is 2.38. The molecule has 0 aliphatic rings. The minimum Gasteiger partial charge on any atom is -0.0856 e. The molecule has 0 fully saturated rings. The third kappa shape index (κ3) is 13.8. The Kier molecular flexibility index (Phi) is 14.6. The van der Waals surface area contributed by atoms with E-state index in [0.29, 0.717) is 0 Å². The minimum atomic E-state index is 1.27. The fraction of sp³-hybridized carbons (Fsp3) is 0.889. The molecular formula is C18H36. The van der Waals surface area contributed by atoms with Gasteiger partial charge >= 0.3 is 0 Å². The van der Waals surface area contributed by atoms with E-state index >= 15 is 0 Å². The van der Waals surface area contributed by atoms with Gasteiger partial charge in [0.05, 0.1) is 0 Å². The maximum Gasteiger partial charge on any atom is -0.0323 e. The summed E-state index contributed by atoms with van der Waals surface area (Å²) in [6.07, 6.45) is 20.7. The zero-order valence-corrected chi connectivity index (χ0v) is 13.3. The molecule has 0 heterocycles. The maximum atomic E-state index is 2.42. The summed E-state index contributed by atoms with van der Waals surface area (Å²) in [6, 6.07) is 0. The van der Waals surface area contributed by atoms with Gasteiger partial charge in [-0.05, 0) is 26.2 Å². The van der Waals surface area contributed by atoms with E-state index < -0.39 is 0 Å². The van der Waals surface area contributed by atoms with Crippen LogP contribution in [0.5, 0.6) is 0 Å². The standard InChI is InChI=1S/C18H36/c1-4-6-8-9-10-11-12-13-14-15-17-18(3)16-7-5-2/h16H,4-15,17H2,1-3H3. The van der Waals surface area contributed by atoms with Crippen LogP contribution in [-0.2, 0) is 0 Å². The molecule has 0 N–H and O–H groups in total. The second-order valence-corrected chi connectivity index (χ2v) is 5.77. The number of unbranched alkanes of at least 4 members (excludes halogenated alkanes) is 10. The maximum absolute atomic E-state index is 2.42. The average molecular weight is 252 g/mol. The second-order valence-electron chi connectivity index (χ2n) is 5.77. The van der Waals surface area contributed by atoms with Gasteiger partial charge in [0.2, 0.25) is 0 Å². The normalized spacial score (nSPS) is 12.1. The highest BCUT2D eigenvalue weighted by atomic mass is 14.0. The molecule has 0 rings (SSSR count). The molecule has 0 aromatic heterocycles. The van der Waals surface area contributed by atoms with Crippen LogP contribution in [-0.4, -0.2) is 0 Å². The van der Waals surface area contributed by atoms with E-state index in [9.17, 15) is 0 Å². The van der Waals surface area contributed by atoms with Crippen LogP contribution in [0.1, 0.15) is 104 Å². The molecule has 0 amide bonds. The molecule has 0 saturated carbocycles. The van der Waals surface area contributed by atoms with Gasteiger partial charge < -0.3 is 0 Å². The first-order valence-electron chi connectivity index (χ1n) is 8.46. The Labute approximate surface area is 116 Å². The molecule has 108 valence electrons. The summed E-state index contributed by atoms with van der Waals surface area (Å²) < 4.78 is 0. The highest BCUT2D eigenvalue weighted by Gasteiger charge is 1.94. The van der Waals surface area contributed by atoms with Crippen LogP contribution in [0.15, 0.2) is 11.6 Å². The Morgan fingerprint density at radius 3 is 1.67 bits per heavy atom. The van der Waals surface area contributed by atoms with E-state index in [2.05, 4.69) is 26.8 Å². The van der Waals surface area contributed by atoms with Gasteiger partial charge in [0.25, 0.3) is 0 Å². The van der Waals surface area contributed by atoms with Crippen LogP contribution in [0.2, 0.25) is 0 Å². The number of rotatable bonds is 13. The van der Waals surface area contributed by atoms with Gasteiger partial charge in [-0.25, -0.2) is 0 Å². The van der Waals surface area contributed by atoms with Crippen LogP contribution in [0.25, 0.3) is 0 Å². The van der Waals surface area contributed by atoms with Crippen molar-refractivity contribution in [1.29, 1.82) is 0 Å². The number of hydrogen-bond donors (Lipinski definition) is 0. The Morgan fingerprint density at radius 1 is 0.667 bits per heavy atom. The zero-order valence-electron chi connectivity index (χ0n) is 13.3. The molecule has 0 atom stereocenters. The lowest BCUT2D eigenvalue weighted by Gasteiger charge is -2.03. The van der Waals surface area contributed by atoms with Crippen molar-refractivity contribution in [3.05, 3.63) is 11.6 Å². The largest absolute Gasteiger partial charge is 0.0856 e. The highest BCUT2D eigenvalue weighted by Crippen LogP contribution is 2.13. The van der Waals surface area contributed by atoms with Gasteiger partial charge in [-0.1, -0.05) is 89.7 Å². The molecule has 0 unspecified atom stereocenters. The molecule has 18 heavy (non-hydrogen) atoms. The number of allylic oxidation sites excluding steroid dienone is 2. The molecule has 0 radical (unpaired) electrons. The second kappa shape index (κ2) is 14.8. The van der Waals surface area contributed by atoms with E-state index in [1.54, 1.807) is 5.57 Å². The van der Waals surface area contributed by atoms with Crippen molar-refractivity contribution in [2.45, 2.75) is 104 Å². The van der Waals surface area contributed by atoms with Crippen molar-refractivity contribution in [2.75, 3.05) is 0 Å². The molecular weight excluding hydrogens is 216 g/mol. The molecule has 0 bridgehead atoms. The van der Waals surface area contributed by atoms with E-state index in [1.807, 2.05) is 0 Å². The van der Waals surface area contributed by atoms with Crippen molar-refractivity contribution >= 4 is 0 Å². The summed E-state index contributed by atoms with van der Waals surface area (Å²) in [5.74, 6) is 0. The highest BCUT2D eigenvalue weighted by molar-refractivity contribution is 4.97. The van der Waals surface area contributed by atoms with Gasteiger partial charge in [-0.15, -0.1) is 0 Å². The quantitative estimate of drug-likeness (QED) is 0.243. The van der Waals surface area contributed by atoms with E-state index in [1.165, 1.54) is 83.5 Å². The first kappa shape index (κ1) is 17.7. The average Bonchev–Trinajstić information content (AvgIpc) is 2.38. The molecule has 0 aliphatic carbocycles. The number of hydrogen-bond acceptors (Lipinski definition) is 0. The lowest BCUT2D eigenvalue weighted by Crippen LogP contribution is -1.83. The first-order valence-corrected chi connectivity index (χ1v) is 8.46. The molecule has 0 nitrogen and oxygen atoms in total. The Hall–Kier alpha value is -0.260. The van der Waals surface area contributed by atoms with Crippen molar-refractivity contribution in [1.82, 2.24) is 0 Å². The van der Waals surface area contributed by atoms with Gasteiger partial charge in [0.1, 0.15) is 0 Å². The van der Waals surface area contributed by atoms with Gasteiger partial charge in [-0.3, -0.25) is 0 Å². The predicted molar refractivity (Wildman–Crippen MR) is 85.1 cm³/mol. The topological polar surface area (TPSA) is 0 Å². The van der Waals surface area contributed by atoms with Crippen LogP contribution in [0.3, 0.4) is 0 Å². The van der Waals surface area contributed by atoms with Crippen LogP contribution in [0, 0.1) is 0 Å². The van der Waals surface area contributed by atoms with Crippen LogP contribution in [0.4, 0.5) is 0 Å². The van der Waals surface area contributed by atoms with Crippen LogP contribution >= 0.6 is 0 Å². The third-order valence-corrected chi connectivity index (χ3v) is 3.71. The molecule has 0 aromatic rings. The van der Waals surface area contributed by atoms with E-state index in [4.69, 9.17) is 0 Å². The molecule has 0 heteroatoms. The van der Waals surface area contributed by atoms with Gasteiger partial charge in [0.15, 0.2) is 0 Å². The van der Waals surface area contributed by atoms with Crippen molar-refractivity contribution in [2.24, 2.45) is 0 Å². The first-order chi connectivity index (χ1) is 8.81. The fourth-order valence-corrected chi connectivity index (χ4v) is 2.38. The zero-order chi connectivity index (χ0) is 13.5.